The molecule has 0 atom stereocenters. The zero-order valence-corrected chi connectivity index (χ0v) is 7.33. The van der Waals surface area contributed by atoms with Crippen LogP contribution in [-0.2, 0) is 7.05 Å². The smallest absolute Gasteiger partial charge is 0.0948 e. The van der Waals surface area contributed by atoms with Crippen LogP contribution in [0.2, 0.25) is 0 Å². The maximum absolute atomic E-state index is 4.03. The summed E-state index contributed by atoms with van der Waals surface area (Å²) in [4.78, 5) is 4.03. The van der Waals surface area contributed by atoms with Crippen LogP contribution in [-0.4, -0.2) is 9.55 Å². The van der Waals surface area contributed by atoms with Crippen LogP contribution in [0.5, 0.6) is 0 Å². The van der Waals surface area contributed by atoms with Crippen LogP contribution < -0.4 is 0 Å². The molecule has 2 nitrogen and oxygen atoms in total. The standard InChI is InChI=1S/C9H14N2/c1-4-8(2)5-9-6-10-7-11(9)3/h5-7H,4H2,1-3H3/b8-5-. The highest BCUT2D eigenvalue weighted by atomic mass is 15.0. The van der Waals surface area contributed by atoms with Crippen molar-refractivity contribution in [1.29, 1.82) is 0 Å². The van der Waals surface area contributed by atoms with Crippen molar-refractivity contribution < 1.29 is 0 Å². The topological polar surface area (TPSA) is 17.8 Å². The van der Waals surface area contributed by atoms with Crippen LogP contribution in [0.25, 0.3) is 6.08 Å². The van der Waals surface area contributed by atoms with Crippen molar-refractivity contribution in [2.45, 2.75) is 20.3 Å². The largest absolute Gasteiger partial charge is 0.334 e. The third kappa shape index (κ3) is 1.93. The third-order valence-electron chi connectivity index (χ3n) is 1.81. The molecule has 0 aliphatic carbocycles. The van der Waals surface area contributed by atoms with Crippen LogP contribution in [0.3, 0.4) is 0 Å². The molecule has 1 rings (SSSR count). The van der Waals surface area contributed by atoms with Gasteiger partial charge in [0.05, 0.1) is 18.2 Å². The van der Waals surface area contributed by atoms with E-state index in [4.69, 9.17) is 0 Å². The average Bonchev–Trinajstić information content (AvgIpc) is 2.37. The molecule has 0 aromatic carbocycles. The summed E-state index contributed by atoms with van der Waals surface area (Å²) in [6, 6.07) is 0. The van der Waals surface area contributed by atoms with Gasteiger partial charge in [0.2, 0.25) is 0 Å². The minimum Gasteiger partial charge on any atom is -0.334 e. The molecule has 60 valence electrons. The Bertz CT molecular complexity index is 258. The van der Waals surface area contributed by atoms with E-state index in [0.29, 0.717) is 0 Å². The molecule has 11 heavy (non-hydrogen) atoms. The van der Waals surface area contributed by atoms with Crippen LogP contribution in [0.1, 0.15) is 26.0 Å². The van der Waals surface area contributed by atoms with Gasteiger partial charge >= 0.3 is 0 Å². The average molecular weight is 150 g/mol. The van der Waals surface area contributed by atoms with E-state index < -0.39 is 0 Å². The second kappa shape index (κ2) is 3.37. The molecule has 0 aliphatic rings. The summed E-state index contributed by atoms with van der Waals surface area (Å²) in [5, 5.41) is 0. The molecule has 0 amide bonds. The van der Waals surface area contributed by atoms with E-state index in [0.717, 1.165) is 6.42 Å². The maximum atomic E-state index is 4.03. The lowest BCUT2D eigenvalue weighted by Gasteiger charge is -1.96. The lowest BCUT2D eigenvalue weighted by atomic mass is 10.2. The number of allylic oxidation sites excluding steroid dienone is 1. The summed E-state index contributed by atoms with van der Waals surface area (Å²) < 4.78 is 2.01. The lowest BCUT2D eigenvalue weighted by Crippen LogP contribution is -1.87. The van der Waals surface area contributed by atoms with Gasteiger partial charge in [-0.1, -0.05) is 12.5 Å². The summed E-state index contributed by atoms with van der Waals surface area (Å²) in [7, 11) is 2.00. The summed E-state index contributed by atoms with van der Waals surface area (Å²) in [6.45, 7) is 4.29. The molecule has 1 heterocycles. The molecule has 0 unspecified atom stereocenters. The van der Waals surface area contributed by atoms with E-state index in [9.17, 15) is 0 Å². The summed E-state index contributed by atoms with van der Waals surface area (Å²) in [5.74, 6) is 0. The van der Waals surface area contributed by atoms with E-state index in [-0.39, 0.29) is 0 Å². The van der Waals surface area contributed by atoms with Crippen molar-refractivity contribution in [3.8, 4) is 0 Å². The number of aromatic nitrogens is 2. The molecule has 0 bridgehead atoms. The van der Waals surface area contributed by atoms with Crippen LogP contribution in [0, 0.1) is 0 Å². The fraction of sp³-hybridized carbons (Fsp3) is 0.444. The van der Waals surface area contributed by atoms with Gasteiger partial charge in [-0.15, -0.1) is 0 Å². The fourth-order valence-corrected chi connectivity index (χ4v) is 0.861. The van der Waals surface area contributed by atoms with E-state index >= 15 is 0 Å². The molecule has 1 aromatic heterocycles. The highest BCUT2D eigenvalue weighted by molar-refractivity contribution is 5.47. The van der Waals surface area contributed by atoms with Gasteiger partial charge in [-0.05, 0) is 19.4 Å². The predicted octanol–water partition coefficient (Wildman–Crippen LogP) is 2.23. The first-order valence-electron chi connectivity index (χ1n) is 3.87. The van der Waals surface area contributed by atoms with Crippen molar-refractivity contribution in [1.82, 2.24) is 9.55 Å². The highest BCUT2D eigenvalue weighted by Crippen LogP contribution is 2.06. The van der Waals surface area contributed by atoms with Crippen molar-refractivity contribution in [3.63, 3.8) is 0 Å². The number of nitrogens with zero attached hydrogens (tertiary/aromatic N) is 2. The molecule has 0 N–H and O–H groups in total. The number of hydrogen-bond acceptors (Lipinski definition) is 1. The Morgan fingerprint density at radius 2 is 2.45 bits per heavy atom. The molecule has 0 saturated heterocycles. The molecular formula is C9H14N2. The first-order chi connectivity index (χ1) is 5.24. The summed E-state index contributed by atoms with van der Waals surface area (Å²) >= 11 is 0. The second-order valence-corrected chi connectivity index (χ2v) is 2.77. The van der Waals surface area contributed by atoms with Gasteiger partial charge < -0.3 is 4.57 Å². The van der Waals surface area contributed by atoms with E-state index in [1.807, 2.05) is 24.1 Å². The highest BCUT2D eigenvalue weighted by Gasteiger charge is 1.92. The Morgan fingerprint density at radius 3 is 2.91 bits per heavy atom. The zero-order valence-electron chi connectivity index (χ0n) is 7.33. The second-order valence-electron chi connectivity index (χ2n) is 2.77. The quantitative estimate of drug-likeness (QED) is 0.632. The SMILES string of the molecule is CC/C(C)=C\c1cncn1C. The van der Waals surface area contributed by atoms with Crippen molar-refractivity contribution >= 4 is 6.08 Å². The minimum absolute atomic E-state index is 1.10. The number of imidazole rings is 1. The molecule has 2 heteroatoms. The Labute approximate surface area is 67.6 Å². The summed E-state index contributed by atoms with van der Waals surface area (Å²) in [6.07, 6.45) is 6.95. The molecule has 0 spiro atoms. The molecule has 1 aromatic rings. The molecule has 0 fully saturated rings. The predicted molar refractivity (Wildman–Crippen MR) is 47.2 cm³/mol. The van der Waals surface area contributed by atoms with Gasteiger partial charge in [-0.3, -0.25) is 0 Å². The van der Waals surface area contributed by atoms with E-state index in [1.54, 1.807) is 0 Å². The van der Waals surface area contributed by atoms with Crippen molar-refractivity contribution in [3.05, 3.63) is 23.8 Å². The fourth-order valence-electron chi connectivity index (χ4n) is 0.861. The number of rotatable bonds is 2. The Hall–Kier alpha value is -1.05. The third-order valence-corrected chi connectivity index (χ3v) is 1.81. The van der Waals surface area contributed by atoms with E-state index in [2.05, 4.69) is 24.9 Å². The van der Waals surface area contributed by atoms with Gasteiger partial charge in [-0.2, -0.15) is 0 Å². The summed E-state index contributed by atoms with van der Waals surface area (Å²) in [5.41, 5.74) is 2.55. The molecule has 0 aliphatic heterocycles. The van der Waals surface area contributed by atoms with Crippen LogP contribution in [0.15, 0.2) is 18.1 Å². The zero-order chi connectivity index (χ0) is 8.27. The lowest BCUT2D eigenvalue weighted by molar-refractivity contribution is 0.900. The van der Waals surface area contributed by atoms with Crippen molar-refractivity contribution in [2.24, 2.45) is 7.05 Å². The molecule has 0 radical (unpaired) electrons. The molecular weight excluding hydrogens is 136 g/mol. The first kappa shape index (κ1) is 8.05. The Morgan fingerprint density at radius 1 is 1.73 bits per heavy atom. The number of aryl methyl sites for hydroxylation is 1. The maximum Gasteiger partial charge on any atom is 0.0948 e. The van der Waals surface area contributed by atoms with Gasteiger partial charge in [-0.25, -0.2) is 4.98 Å². The Balaban J connectivity index is 2.86. The van der Waals surface area contributed by atoms with Gasteiger partial charge in [0.15, 0.2) is 0 Å². The molecule has 0 saturated carbocycles. The number of hydrogen-bond donors (Lipinski definition) is 0. The van der Waals surface area contributed by atoms with Crippen molar-refractivity contribution in [2.75, 3.05) is 0 Å². The van der Waals surface area contributed by atoms with E-state index in [1.165, 1.54) is 11.3 Å². The Kier molecular flexibility index (Phi) is 2.47. The normalized spacial score (nSPS) is 12.1. The monoisotopic (exact) mass is 150 g/mol. The van der Waals surface area contributed by atoms with Crippen LogP contribution >= 0.6 is 0 Å². The van der Waals surface area contributed by atoms with Crippen LogP contribution in [0.4, 0.5) is 0 Å². The first-order valence-corrected chi connectivity index (χ1v) is 3.87. The van der Waals surface area contributed by atoms with Gasteiger partial charge in [0, 0.05) is 7.05 Å². The van der Waals surface area contributed by atoms with Gasteiger partial charge in [0.1, 0.15) is 0 Å². The van der Waals surface area contributed by atoms with Gasteiger partial charge in [0.25, 0.3) is 0 Å². The minimum atomic E-state index is 1.10.